The van der Waals surface area contributed by atoms with Gasteiger partial charge in [0.2, 0.25) is 5.91 Å². The highest BCUT2D eigenvalue weighted by Crippen LogP contribution is 2.51. The number of likely N-dealkylation sites (tertiary alicyclic amines) is 1. The summed E-state index contributed by atoms with van der Waals surface area (Å²) in [6.07, 6.45) is -0.989. The number of amides is 1. The lowest BCUT2D eigenvalue weighted by Crippen LogP contribution is -2.62. The topological polar surface area (TPSA) is 127 Å². The number of carbonyl (C=O) groups is 3. The van der Waals surface area contributed by atoms with E-state index in [2.05, 4.69) is 0 Å². The van der Waals surface area contributed by atoms with Crippen LogP contribution in [0, 0.1) is 16.0 Å². The molecule has 28 heavy (non-hydrogen) atoms. The molecule has 0 saturated carbocycles. The van der Waals surface area contributed by atoms with Crippen molar-refractivity contribution in [1.29, 1.82) is 0 Å². The molecule has 12 heteroatoms. The number of β-lactam (4-membered cyclic amide) rings is 1. The fourth-order valence-electron chi connectivity index (χ4n) is 2.61. The highest BCUT2D eigenvalue weighted by atomic mass is 35.5. The number of nitro benzene ring substituents is 1. The fourth-order valence-corrected chi connectivity index (χ4v) is 4.71. The largest absolute Gasteiger partial charge is 0.456 e. The highest BCUT2D eigenvalue weighted by molar-refractivity contribution is 8.57. The quantitative estimate of drug-likeness (QED) is 0.134. The average Bonchev–Trinajstić information content (AvgIpc) is 2.61. The summed E-state index contributed by atoms with van der Waals surface area (Å²) in [5.74, 6) is -2.25. The second-order valence-electron chi connectivity index (χ2n) is 5.94. The fraction of sp³-hybridized carbons (Fsp3) is 0.312. The number of thioether (sulfide) groups is 2. The number of aliphatic hydroxyl groups excluding tert-OH is 1. The lowest BCUT2D eigenvalue weighted by Gasteiger charge is -2.45. The van der Waals surface area contributed by atoms with Crippen molar-refractivity contribution in [2.75, 3.05) is 0 Å². The summed E-state index contributed by atoms with van der Waals surface area (Å²) in [6, 6.07) is 5.44. The van der Waals surface area contributed by atoms with Crippen LogP contribution in [-0.4, -0.2) is 42.9 Å². The van der Waals surface area contributed by atoms with Gasteiger partial charge < -0.3 is 9.84 Å². The maximum absolute atomic E-state index is 12.6. The summed E-state index contributed by atoms with van der Waals surface area (Å²) in [4.78, 5) is 47.3. The molecule has 0 spiro atoms. The number of alkyl halides is 1. The summed E-state index contributed by atoms with van der Waals surface area (Å²) in [7, 11) is 0. The van der Waals surface area contributed by atoms with Gasteiger partial charge in [-0.2, -0.15) is 0 Å². The molecular weight excluding hydrogens is 432 g/mol. The molecule has 3 rings (SSSR count). The Kier molecular flexibility index (Phi) is 5.98. The van der Waals surface area contributed by atoms with E-state index in [0.717, 1.165) is 28.4 Å². The van der Waals surface area contributed by atoms with Crippen LogP contribution < -0.4 is 0 Å². The van der Waals surface area contributed by atoms with E-state index in [9.17, 15) is 29.6 Å². The van der Waals surface area contributed by atoms with Gasteiger partial charge in [-0.3, -0.25) is 24.6 Å². The number of non-ortho nitro benzene ring substituents is 1. The Labute approximate surface area is 172 Å². The average molecular weight is 445 g/mol. The predicted molar refractivity (Wildman–Crippen MR) is 102 cm³/mol. The number of carbonyl (C=O) groups excluding carboxylic acids is 3. The first-order valence-electron chi connectivity index (χ1n) is 7.90. The summed E-state index contributed by atoms with van der Waals surface area (Å²) in [5.41, 5.74) is -0.677. The number of hydrogen-bond acceptors (Lipinski definition) is 9. The molecule has 0 aromatic heterocycles. The Hall–Kier alpha value is -2.08. The molecule has 0 radical (unpaired) electrons. The Balaban J connectivity index is 1.74. The van der Waals surface area contributed by atoms with E-state index in [0.29, 0.717) is 9.80 Å². The van der Waals surface area contributed by atoms with E-state index in [1.54, 1.807) is 0 Å². The van der Waals surface area contributed by atoms with Crippen molar-refractivity contribution in [2.24, 2.45) is 5.92 Å². The van der Waals surface area contributed by atoms with Crippen LogP contribution in [0.15, 0.2) is 34.2 Å². The standard InChI is InChI=1S/C16H13ClN2O7S2/c1-7(20)10-12(17)18(13(10)21)11(15-27-16(23)28-15)14(22)26-6-8-2-4-9(5-3-8)19(24)25/h2-5,7,10,12,20H,6H2,1H3/t7-,10?,12?/m0/s1. The third-order valence-electron chi connectivity index (χ3n) is 4.08. The molecule has 1 aromatic carbocycles. The van der Waals surface area contributed by atoms with Gasteiger partial charge in [-0.25, -0.2) is 4.79 Å². The molecule has 0 aliphatic carbocycles. The van der Waals surface area contributed by atoms with Crippen LogP contribution in [-0.2, 0) is 20.9 Å². The van der Waals surface area contributed by atoms with Crippen molar-refractivity contribution in [1.82, 2.24) is 4.90 Å². The van der Waals surface area contributed by atoms with Gasteiger partial charge in [-0.1, -0.05) is 11.6 Å². The van der Waals surface area contributed by atoms with E-state index in [-0.39, 0.29) is 22.4 Å². The molecule has 2 aliphatic heterocycles. The zero-order valence-corrected chi connectivity index (χ0v) is 16.6. The summed E-state index contributed by atoms with van der Waals surface area (Å²) in [6.45, 7) is 1.23. The molecule has 9 nitrogen and oxygen atoms in total. The van der Waals surface area contributed by atoms with E-state index >= 15 is 0 Å². The lowest BCUT2D eigenvalue weighted by molar-refractivity contribution is -0.384. The Morgan fingerprint density at radius 3 is 2.43 bits per heavy atom. The smallest absolute Gasteiger partial charge is 0.357 e. The molecule has 2 aliphatic rings. The van der Waals surface area contributed by atoms with Crippen LogP contribution >= 0.6 is 35.1 Å². The molecule has 2 fully saturated rings. The number of hydrogen-bond donors (Lipinski definition) is 1. The van der Waals surface area contributed by atoms with Crippen LogP contribution in [0.25, 0.3) is 0 Å². The monoisotopic (exact) mass is 444 g/mol. The third kappa shape index (κ3) is 3.88. The number of halogens is 1. The predicted octanol–water partition coefficient (Wildman–Crippen LogP) is 2.81. The molecule has 0 bridgehead atoms. The lowest BCUT2D eigenvalue weighted by atomic mass is 9.92. The first-order chi connectivity index (χ1) is 13.2. The molecule has 2 unspecified atom stereocenters. The molecular formula is C16H13ClN2O7S2. The van der Waals surface area contributed by atoms with Crippen molar-refractivity contribution < 1.29 is 29.2 Å². The number of nitro groups is 1. The first-order valence-corrected chi connectivity index (χ1v) is 9.97. The number of nitrogens with zero attached hydrogens (tertiary/aromatic N) is 2. The van der Waals surface area contributed by atoms with Gasteiger partial charge in [0.05, 0.1) is 21.2 Å². The van der Waals surface area contributed by atoms with Gasteiger partial charge in [0.1, 0.15) is 12.1 Å². The maximum atomic E-state index is 12.6. The van der Waals surface area contributed by atoms with E-state index in [1.165, 1.54) is 31.2 Å². The van der Waals surface area contributed by atoms with Gasteiger partial charge >= 0.3 is 5.97 Å². The number of esters is 1. The Morgan fingerprint density at radius 1 is 1.36 bits per heavy atom. The number of rotatable bonds is 6. The zero-order valence-electron chi connectivity index (χ0n) is 14.2. The van der Waals surface area contributed by atoms with E-state index in [1.807, 2.05) is 0 Å². The van der Waals surface area contributed by atoms with Gasteiger partial charge in [0.15, 0.2) is 5.70 Å². The van der Waals surface area contributed by atoms with Crippen molar-refractivity contribution >= 4 is 57.1 Å². The second-order valence-corrected chi connectivity index (χ2v) is 8.87. The van der Waals surface area contributed by atoms with Crippen molar-refractivity contribution in [3.8, 4) is 0 Å². The molecule has 2 saturated heterocycles. The van der Waals surface area contributed by atoms with E-state index in [4.69, 9.17) is 16.3 Å². The summed E-state index contributed by atoms with van der Waals surface area (Å²) >= 11 is 7.76. The summed E-state index contributed by atoms with van der Waals surface area (Å²) in [5, 5.41) is 20.3. The van der Waals surface area contributed by atoms with Gasteiger partial charge in [-0.15, -0.1) is 0 Å². The molecule has 1 aromatic rings. The maximum Gasteiger partial charge on any atom is 0.357 e. The normalized spacial score (nSPS) is 22.2. The van der Waals surface area contributed by atoms with Crippen LogP contribution in [0.5, 0.6) is 0 Å². The minimum absolute atomic E-state index is 0.0982. The Morgan fingerprint density at radius 2 is 1.96 bits per heavy atom. The number of benzene rings is 1. The molecule has 3 atom stereocenters. The van der Waals surface area contributed by atoms with E-state index < -0.39 is 34.3 Å². The summed E-state index contributed by atoms with van der Waals surface area (Å²) < 4.78 is 5.27. The van der Waals surface area contributed by atoms with Crippen molar-refractivity contribution in [2.45, 2.75) is 25.1 Å². The van der Waals surface area contributed by atoms with Gasteiger partial charge in [0, 0.05) is 12.1 Å². The molecule has 148 valence electrons. The zero-order chi connectivity index (χ0) is 20.6. The number of aliphatic hydroxyl groups is 1. The highest BCUT2D eigenvalue weighted by Gasteiger charge is 2.53. The van der Waals surface area contributed by atoms with Gasteiger partial charge in [0.25, 0.3) is 10.1 Å². The minimum Gasteiger partial charge on any atom is -0.456 e. The first kappa shape index (κ1) is 20.6. The van der Waals surface area contributed by atoms with Crippen LogP contribution in [0.2, 0.25) is 0 Å². The minimum atomic E-state index is -0.989. The molecule has 1 N–H and O–H groups in total. The van der Waals surface area contributed by atoms with Gasteiger partial charge in [-0.05, 0) is 48.1 Å². The third-order valence-corrected chi connectivity index (χ3v) is 6.64. The van der Waals surface area contributed by atoms with Crippen LogP contribution in [0.4, 0.5) is 10.5 Å². The Bertz CT molecular complexity index is 877. The second kappa shape index (κ2) is 8.11. The number of ether oxygens (including phenoxy) is 1. The molecule has 2 heterocycles. The van der Waals surface area contributed by atoms with Crippen molar-refractivity contribution in [3.63, 3.8) is 0 Å². The SMILES string of the molecule is C[C@H](O)C1C(=O)N(C(C(=O)OCc2ccc([N+](=O)[O-])cc2)=C2SC(=O)S2)C1Cl. The van der Waals surface area contributed by atoms with Crippen molar-refractivity contribution in [3.05, 3.63) is 49.9 Å². The molecule has 1 amide bonds. The van der Waals surface area contributed by atoms with Crippen LogP contribution in [0.3, 0.4) is 0 Å². The van der Waals surface area contributed by atoms with Crippen LogP contribution in [0.1, 0.15) is 12.5 Å².